The molecule has 0 atom stereocenters. The molecule has 5 rings (SSSR count). The highest BCUT2D eigenvalue weighted by atomic mass is 32.2. The maximum absolute atomic E-state index is 13.1. The van der Waals surface area contributed by atoms with Crippen LogP contribution in [0.3, 0.4) is 0 Å². The number of sulfonamides is 1. The molecule has 0 unspecified atom stereocenters. The standard InChI is InChI=1S/C25H24N2O4S/c28-25(10-6-19-5-9-24-22(17-19)11-16-31-24)26-12-14-27(15-13-26)32(29,30)23-8-7-20-3-1-2-4-21(20)18-23/h1-10,17-18H,11-16H2/b10-6+. The summed E-state index contributed by atoms with van der Waals surface area (Å²) in [4.78, 5) is 14.6. The van der Waals surface area contributed by atoms with E-state index in [-0.39, 0.29) is 23.9 Å². The Morgan fingerprint density at radius 1 is 0.906 bits per heavy atom. The summed E-state index contributed by atoms with van der Waals surface area (Å²) in [6, 6.07) is 18.8. The van der Waals surface area contributed by atoms with Gasteiger partial charge in [-0.25, -0.2) is 8.42 Å². The first-order valence-corrected chi connectivity index (χ1v) is 12.2. The number of benzene rings is 3. The van der Waals surface area contributed by atoms with Gasteiger partial charge < -0.3 is 9.64 Å². The SMILES string of the molecule is O=C(/C=C/c1ccc2c(c1)CCO2)N1CCN(S(=O)(=O)c2ccc3ccccc3c2)CC1. The molecule has 1 fully saturated rings. The van der Waals surface area contributed by atoms with Crippen molar-refractivity contribution < 1.29 is 17.9 Å². The van der Waals surface area contributed by atoms with Crippen LogP contribution in [0.1, 0.15) is 11.1 Å². The van der Waals surface area contributed by atoms with Gasteiger partial charge in [-0.3, -0.25) is 4.79 Å². The first-order chi connectivity index (χ1) is 15.5. The Kier molecular flexibility index (Phi) is 5.45. The van der Waals surface area contributed by atoms with Crippen LogP contribution in [0.2, 0.25) is 0 Å². The number of hydrogen-bond acceptors (Lipinski definition) is 4. The van der Waals surface area contributed by atoms with Gasteiger partial charge in [0.1, 0.15) is 5.75 Å². The number of piperazine rings is 1. The summed E-state index contributed by atoms with van der Waals surface area (Å²) in [5.74, 6) is 0.807. The van der Waals surface area contributed by atoms with Crippen LogP contribution in [-0.2, 0) is 21.2 Å². The highest BCUT2D eigenvalue weighted by Crippen LogP contribution is 2.26. The zero-order chi connectivity index (χ0) is 22.1. The first-order valence-electron chi connectivity index (χ1n) is 10.7. The van der Waals surface area contributed by atoms with Gasteiger partial charge in [-0.2, -0.15) is 4.31 Å². The van der Waals surface area contributed by atoms with Gasteiger partial charge in [-0.05, 0) is 52.2 Å². The number of fused-ring (bicyclic) bond motifs is 2. The Bertz CT molecular complexity index is 1310. The van der Waals surface area contributed by atoms with Crippen LogP contribution in [-0.4, -0.2) is 56.3 Å². The lowest BCUT2D eigenvalue weighted by Crippen LogP contribution is -2.50. The smallest absolute Gasteiger partial charge is 0.246 e. The lowest BCUT2D eigenvalue weighted by molar-refractivity contribution is -0.127. The molecule has 2 heterocycles. The summed E-state index contributed by atoms with van der Waals surface area (Å²) < 4.78 is 33.2. The predicted molar refractivity (Wildman–Crippen MR) is 124 cm³/mol. The van der Waals surface area contributed by atoms with Crippen molar-refractivity contribution in [1.82, 2.24) is 9.21 Å². The minimum absolute atomic E-state index is 0.107. The Morgan fingerprint density at radius 3 is 2.50 bits per heavy atom. The van der Waals surface area contributed by atoms with Crippen molar-refractivity contribution in [3.05, 3.63) is 77.9 Å². The van der Waals surface area contributed by atoms with Crippen LogP contribution in [0, 0.1) is 0 Å². The van der Waals surface area contributed by atoms with E-state index in [0.717, 1.165) is 34.1 Å². The highest BCUT2D eigenvalue weighted by Gasteiger charge is 2.29. The van der Waals surface area contributed by atoms with Crippen LogP contribution in [0.5, 0.6) is 5.75 Å². The van der Waals surface area contributed by atoms with Crippen LogP contribution in [0.4, 0.5) is 0 Å². The van der Waals surface area contributed by atoms with Gasteiger partial charge >= 0.3 is 0 Å². The quantitative estimate of drug-likeness (QED) is 0.575. The Balaban J connectivity index is 1.23. The predicted octanol–water partition coefficient (Wildman–Crippen LogP) is 3.32. The molecule has 164 valence electrons. The number of amides is 1. The summed E-state index contributed by atoms with van der Waals surface area (Å²) >= 11 is 0. The van der Waals surface area contributed by atoms with E-state index in [1.165, 1.54) is 4.31 Å². The molecule has 6 nitrogen and oxygen atoms in total. The molecule has 0 bridgehead atoms. The molecule has 0 aromatic heterocycles. The van der Waals surface area contributed by atoms with Crippen LogP contribution in [0.25, 0.3) is 16.8 Å². The third-order valence-corrected chi connectivity index (χ3v) is 7.94. The van der Waals surface area contributed by atoms with Gasteiger partial charge in [0.05, 0.1) is 11.5 Å². The zero-order valence-electron chi connectivity index (χ0n) is 17.6. The molecule has 2 aliphatic heterocycles. The zero-order valence-corrected chi connectivity index (χ0v) is 18.4. The van der Waals surface area contributed by atoms with E-state index in [0.29, 0.717) is 19.7 Å². The number of rotatable bonds is 4. The molecule has 3 aromatic carbocycles. The lowest BCUT2D eigenvalue weighted by Gasteiger charge is -2.33. The summed E-state index contributed by atoms with van der Waals surface area (Å²) in [5.41, 5.74) is 2.12. The van der Waals surface area contributed by atoms with Crippen LogP contribution < -0.4 is 4.74 Å². The van der Waals surface area contributed by atoms with Crippen molar-refractivity contribution in [1.29, 1.82) is 0 Å². The van der Waals surface area contributed by atoms with Crippen LogP contribution in [0.15, 0.2) is 71.6 Å². The van der Waals surface area contributed by atoms with Crippen molar-refractivity contribution >= 4 is 32.8 Å². The molecule has 0 aliphatic carbocycles. The van der Waals surface area contributed by atoms with Gasteiger partial charge in [0.2, 0.25) is 15.9 Å². The van der Waals surface area contributed by atoms with Crippen LogP contribution >= 0.6 is 0 Å². The van der Waals surface area contributed by atoms with E-state index in [9.17, 15) is 13.2 Å². The van der Waals surface area contributed by atoms with E-state index in [1.807, 2.05) is 48.5 Å². The summed E-state index contributed by atoms with van der Waals surface area (Å²) in [6.45, 7) is 2.01. The van der Waals surface area contributed by atoms with Gasteiger partial charge in [0.15, 0.2) is 0 Å². The van der Waals surface area contributed by atoms with Crippen molar-refractivity contribution in [2.45, 2.75) is 11.3 Å². The van der Waals surface area contributed by atoms with E-state index < -0.39 is 10.0 Å². The molecule has 1 saturated heterocycles. The number of ether oxygens (including phenoxy) is 1. The molecule has 32 heavy (non-hydrogen) atoms. The van der Waals surface area contributed by atoms with E-state index in [1.54, 1.807) is 29.2 Å². The molecule has 0 saturated carbocycles. The fourth-order valence-electron chi connectivity index (χ4n) is 4.21. The summed E-state index contributed by atoms with van der Waals surface area (Å²) in [5, 5.41) is 1.90. The fourth-order valence-corrected chi connectivity index (χ4v) is 5.67. The summed E-state index contributed by atoms with van der Waals surface area (Å²) in [6.07, 6.45) is 4.25. The maximum Gasteiger partial charge on any atom is 0.246 e. The Labute approximate surface area is 187 Å². The highest BCUT2D eigenvalue weighted by molar-refractivity contribution is 7.89. The maximum atomic E-state index is 13.1. The minimum Gasteiger partial charge on any atom is -0.493 e. The second-order valence-corrected chi connectivity index (χ2v) is 9.98. The van der Waals surface area contributed by atoms with E-state index in [4.69, 9.17) is 4.74 Å². The average molecular weight is 449 g/mol. The second kappa shape index (κ2) is 8.41. The molecule has 7 heteroatoms. The minimum atomic E-state index is -3.60. The van der Waals surface area contributed by atoms with Crippen molar-refractivity contribution in [3.8, 4) is 5.75 Å². The molecule has 0 spiro atoms. The monoisotopic (exact) mass is 448 g/mol. The van der Waals surface area contributed by atoms with E-state index >= 15 is 0 Å². The largest absolute Gasteiger partial charge is 0.493 e. The third kappa shape index (κ3) is 4.01. The van der Waals surface area contributed by atoms with Crippen molar-refractivity contribution in [2.24, 2.45) is 0 Å². The molecule has 2 aliphatic rings. The number of nitrogens with zero attached hydrogens (tertiary/aromatic N) is 2. The molecule has 0 radical (unpaired) electrons. The topological polar surface area (TPSA) is 66.9 Å². The number of carbonyl (C=O) groups excluding carboxylic acids is 1. The molecule has 1 amide bonds. The summed E-state index contributed by atoms with van der Waals surface area (Å²) in [7, 11) is -3.60. The Hall–Kier alpha value is -3.16. The van der Waals surface area contributed by atoms with Gasteiger partial charge in [0.25, 0.3) is 0 Å². The van der Waals surface area contributed by atoms with Crippen molar-refractivity contribution in [2.75, 3.05) is 32.8 Å². The molecule has 0 N–H and O–H groups in total. The fraction of sp³-hybridized carbons (Fsp3) is 0.240. The molecular formula is C25H24N2O4S. The number of hydrogen-bond donors (Lipinski definition) is 0. The average Bonchev–Trinajstić information content (AvgIpc) is 3.30. The molecular weight excluding hydrogens is 424 g/mol. The first kappa shape index (κ1) is 20.7. The van der Waals surface area contributed by atoms with Crippen molar-refractivity contribution in [3.63, 3.8) is 0 Å². The van der Waals surface area contributed by atoms with Gasteiger partial charge in [-0.1, -0.05) is 36.4 Å². The lowest BCUT2D eigenvalue weighted by atomic mass is 10.1. The third-order valence-electron chi connectivity index (χ3n) is 6.04. The van der Waals surface area contributed by atoms with E-state index in [2.05, 4.69) is 0 Å². The molecule has 3 aromatic rings. The van der Waals surface area contributed by atoms with Gasteiger partial charge in [-0.15, -0.1) is 0 Å². The Morgan fingerprint density at radius 2 is 1.69 bits per heavy atom. The normalized spacial score (nSPS) is 16.9. The van der Waals surface area contributed by atoms with Gasteiger partial charge in [0, 0.05) is 38.7 Å². The second-order valence-electron chi connectivity index (χ2n) is 8.04. The number of carbonyl (C=O) groups is 1.